The maximum Gasteiger partial charge on any atom is 0.166 e. The second kappa shape index (κ2) is 7.11. The zero-order chi connectivity index (χ0) is 17.8. The first-order chi connectivity index (χ1) is 12.9. The Labute approximate surface area is 152 Å². The summed E-state index contributed by atoms with van der Waals surface area (Å²) in [5.74, 6) is 0.513. The summed E-state index contributed by atoms with van der Waals surface area (Å²) in [6.45, 7) is 0. The molecule has 4 aromatic carbocycles. The van der Waals surface area contributed by atoms with Crippen molar-refractivity contribution in [1.29, 1.82) is 0 Å². The van der Waals surface area contributed by atoms with Crippen molar-refractivity contribution < 1.29 is 9.63 Å². The van der Waals surface area contributed by atoms with E-state index in [2.05, 4.69) is 18.2 Å². The van der Waals surface area contributed by atoms with Gasteiger partial charge in [0.05, 0.1) is 16.9 Å². The van der Waals surface area contributed by atoms with E-state index >= 15 is 0 Å². The Kier molecular flexibility index (Phi) is 4.35. The molecule has 0 bridgehead atoms. The van der Waals surface area contributed by atoms with Crippen molar-refractivity contribution in [3.8, 4) is 5.75 Å². The summed E-state index contributed by atoms with van der Waals surface area (Å²) >= 11 is 0. The van der Waals surface area contributed by atoms with E-state index in [1.165, 1.54) is 0 Å². The van der Waals surface area contributed by atoms with Gasteiger partial charge < -0.3 is 4.84 Å². The van der Waals surface area contributed by atoms with E-state index in [4.69, 9.17) is 4.84 Å². The van der Waals surface area contributed by atoms with E-state index in [1.807, 2.05) is 66.7 Å². The van der Waals surface area contributed by atoms with Crippen molar-refractivity contribution in [3.05, 3.63) is 103 Å². The van der Waals surface area contributed by atoms with E-state index in [-0.39, 0.29) is 0 Å². The Morgan fingerprint density at radius 1 is 0.692 bits per heavy atom. The lowest BCUT2D eigenvalue weighted by Crippen LogP contribution is -2.22. The van der Waals surface area contributed by atoms with Crippen LogP contribution in [0.5, 0.6) is 5.75 Å². The van der Waals surface area contributed by atoms with E-state index in [1.54, 1.807) is 17.2 Å². The molecule has 126 valence electrons. The number of fused-ring (bicyclic) bond motifs is 1. The van der Waals surface area contributed by atoms with Crippen LogP contribution in [-0.4, -0.2) is 6.29 Å². The van der Waals surface area contributed by atoms with Gasteiger partial charge in [0.2, 0.25) is 0 Å². The molecule has 0 saturated carbocycles. The maximum atomic E-state index is 11.4. The van der Waals surface area contributed by atoms with Crippen LogP contribution in [0.2, 0.25) is 0 Å². The summed E-state index contributed by atoms with van der Waals surface area (Å²) in [7, 11) is 0. The molecule has 3 heteroatoms. The number of nitrogens with zero attached hydrogens (tertiary/aromatic N) is 1. The third-order valence-corrected chi connectivity index (χ3v) is 4.21. The van der Waals surface area contributed by atoms with Gasteiger partial charge in [-0.1, -0.05) is 66.7 Å². The van der Waals surface area contributed by atoms with Crippen LogP contribution in [0.4, 0.5) is 11.4 Å². The van der Waals surface area contributed by atoms with Gasteiger partial charge in [-0.15, -0.1) is 0 Å². The highest BCUT2D eigenvalue weighted by molar-refractivity contribution is 5.95. The minimum Gasteiger partial charge on any atom is -0.374 e. The van der Waals surface area contributed by atoms with Crippen molar-refractivity contribution in [2.75, 3.05) is 5.06 Å². The molecule has 0 aliphatic rings. The first-order valence-corrected chi connectivity index (χ1v) is 8.42. The fourth-order valence-corrected chi connectivity index (χ4v) is 2.95. The molecular weight excluding hydrogens is 322 g/mol. The van der Waals surface area contributed by atoms with E-state index in [9.17, 15) is 4.79 Å². The van der Waals surface area contributed by atoms with Crippen molar-refractivity contribution in [3.63, 3.8) is 0 Å². The molecule has 0 aliphatic heterocycles. The van der Waals surface area contributed by atoms with Crippen LogP contribution in [0.1, 0.15) is 10.4 Å². The van der Waals surface area contributed by atoms with Crippen LogP contribution >= 0.6 is 0 Å². The number of benzene rings is 4. The molecule has 0 aromatic heterocycles. The fraction of sp³-hybridized carbons (Fsp3) is 0. The Morgan fingerprint density at radius 2 is 1.38 bits per heavy atom. The zero-order valence-corrected chi connectivity index (χ0v) is 14.1. The SMILES string of the molecule is O=Cc1ccccc1ON(c1ccccc1)c1cccc2ccccc12. The number of rotatable bonds is 5. The number of aldehydes is 1. The Bertz CT molecular complexity index is 1040. The van der Waals surface area contributed by atoms with Crippen molar-refractivity contribution in [2.24, 2.45) is 0 Å². The lowest BCUT2D eigenvalue weighted by atomic mass is 10.1. The minimum atomic E-state index is 0.508. The lowest BCUT2D eigenvalue weighted by Gasteiger charge is -2.26. The van der Waals surface area contributed by atoms with E-state index in [0.717, 1.165) is 28.4 Å². The molecule has 0 unspecified atom stereocenters. The predicted octanol–water partition coefficient (Wildman–Crippen LogP) is 5.78. The molecule has 0 spiro atoms. The number of carbonyl (C=O) groups excluding carboxylic acids is 1. The molecule has 0 heterocycles. The summed E-state index contributed by atoms with van der Waals surface area (Å²) in [6.07, 6.45) is 0.807. The molecule has 0 N–H and O–H groups in total. The van der Waals surface area contributed by atoms with Crippen LogP contribution < -0.4 is 9.90 Å². The molecule has 3 nitrogen and oxygen atoms in total. The standard InChI is InChI=1S/C23H17NO2/c25-17-19-10-5-7-16-23(19)26-24(20-12-2-1-3-13-20)22-15-8-11-18-9-4-6-14-21(18)22/h1-17H. The topological polar surface area (TPSA) is 29.5 Å². The maximum absolute atomic E-state index is 11.4. The number of para-hydroxylation sites is 2. The van der Waals surface area contributed by atoms with Crippen LogP contribution in [0.15, 0.2) is 97.1 Å². The lowest BCUT2D eigenvalue weighted by molar-refractivity contribution is 0.111. The van der Waals surface area contributed by atoms with Crippen LogP contribution in [0, 0.1) is 0 Å². The quantitative estimate of drug-likeness (QED) is 0.341. The van der Waals surface area contributed by atoms with Gasteiger partial charge in [0, 0.05) is 5.39 Å². The van der Waals surface area contributed by atoms with Gasteiger partial charge >= 0.3 is 0 Å². The van der Waals surface area contributed by atoms with Crippen LogP contribution in [0.25, 0.3) is 10.8 Å². The number of anilines is 2. The van der Waals surface area contributed by atoms with Crippen molar-refractivity contribution in [1.82, 2.24) is 0 Å². The Hall–Kier alpha value is -3.59. The molecule has 4 rings (SSSR count). The predicted molar refractivity (Wildman–Crippen MR) is 105 cm³/mol. The first-order valence-electron chi connectivity index (χ1n) is 8.42. The Balaban J connectivity index is 1.87. The average Bonchev–Trinajstić information content (AvgIpc) is 2.72. The highest BCUT2D eigenvalue weighted by atomic mass is 16.7. The second-order valence-electron chi connectivity index (χ2n) is 5.88. The molecular formula is C23H17NO2. The molecule has 0 fully saturated rings. The van der Waals surface area contributed by atoms with Crippen LogP contribution in [0.3, 0.4) is 0 Å². The van der Waals surface area contributed by atoms with Gasteiger partial charge in [0.15, 0.2) is 12.0 Å². The molecule has 4 aromatic rings. The number of hydrogen-bond acceptors (Lipinski definition) is 3. The Morgan fingerprint density at radius 3 is 2.23 bits per heavy atom. The summed E-state index contributed by atoms with van der Waals surface area (Å²) < 4.78 is 0. The van der Waals surface area contributed by atoms with Crippen molar-refractivity contribution in [2.45, 2.75) is 0 Å². The zero-order valence-electron chi connectivity index (χ0n) is 14.1. The number of hydrogen-bond donors (Lipinski definition) is 0. The summed E-state index contributed by atoms with van der Waals surface area (Å²) in [5, 5.41) is 3.96. The van der Waals surface area contributed by atoms with Crippen molar-refractivity contribution >= 4 is 28.4 Å². The van der Waals surface area contributed by atoms with Gasteiger partial charge in [0.25, 0.3) is 0 Å². The molecule has 0 saturated heterocycles. The monoisotopic (exact) mass is 339 g/mol. The highest BCUT2D eigenvalue weighted by Gasteiger charge is 2.16. The van der Waals surface area contributed by atoms with Crippen LogP contribution in [-0.2, 0) is 0 Å². The highest BCUT2D eigenvalue weighted by Crippen LogP contribution is 2.33. The first kappa shape index (κ1) is 15.9. The summed E-state index contributed by atoms with van der Waals surface area (Å²) in [4.78, 5) is 17.6. The third-order valence-electron chi connectivity index (χ3n) is 4.21. The van der Waals surface area contributed by atoms with Gasteiger partial charge in [-0.25, -0.2) is 0 Å². The molecule has 0 aliphatic carbocycles. The number of carbonyl (C=O) groups is 1. The van der Waals surface area contributed by atoms with E-state index in [0.29, 0.717) is 11.3 Å². The van der Waals surface area contributed by atoms with Gasteiger partial charge in [-0.2, -0.15) is 5.06 Å². The molecule has 26 heavy (non-hydrogen) atoms. The average molecular weight is 339 g/mol. The normalized spacial score (nSPS) is 10.5. The largest absolute Gasteiger partial charge is 0.374 e. The van der Waals surface area contributed by atoms with Gasteiger partial charge in [0.1, 0.15) is 0 Å². The molecule has 0 atom stereocenters. The molecule has 0 radical (unpaired) electrons. The minimum absolute atomic E-state index is 0.508. The third kappa shape index (κ3) is 3.03. The smallest absolute Gasteiger partial charge is 0.166 e. The van der Waals surface area contributed by atoms with E-state index < -0.39 is 0 Å². The summed E-state index contributed by atoms with van der Waals surface area (Å²) in [5.41, 5.74) is 2.30. The second-order valence-corrected chi connectivity index (χ2v) is 5.88. The van der Waals surface area contributed by atoms with Gasteiger partial charge in [-0.3, -0.25) is 4.79 Å². The molecule has 0 amide bonds. The van der Waals surface area contributed by atoms with Gasteiger partial charge in [-0.05, 0) is 35.7 Å². The fourth-order valence-electron chi connectivity index (χ4n) is 2.95. The summed E-state index contributed by atoms with van der Waals surface area (Å²) in [6, 6.07) is 31.3.